The molecule has 0 aliphatic carbocycles. The topological polar surface area (TPSA) is 41.5 Å². The molecule has 5 heteroatoms. The second-order valence-electron chi connectivity index (χ2n) is 6.80. The molecule has 1 aliphatic heterocycles. The lowest BCUT2D eigenvalue weighted by atomic mass is 9.96. The van der Waals surface area contributed by atoms with Crippen molar-refractivity contribution in [3.05, 3.63) is 42.5 Å². The Morgan fingerprint density at radius 3 is 2.48 bits per heavy atom. The summed E-state index contributed by atoms with van der Waals surface area (Å²) in [6.07, 6.45) is 2.48. The second-order valence-corrected chi connectivity index (χ2v) is 6.80. The highest BCUT2D eigenvalue weighted by Gasteiger charge is 2.20. The zero-order valence-electron chi connectivity index (χ0n) is 15.3. The largest absolute Gasteiger partial charge is 0.383 e. The normalized spacial score (nSPS) is 16.1. The van der Waals surface area contributed by atoms with Crippen LogP contribution < -0.4 is 4.90 Å². The van der Waals surface area contributed by atoms with E-state index in [1.54, 1.807) is 7.11 Å². The Balaban J connectivity index is 1.51. The molecule has 2 heterocycles. The van der Waals surface area contributed by atoms with Gasteiger partial charge in [0.1, 0.15) is 0 Å². The van der Waals surface area contributed by atoms with Crippen LogP contribution in [0.4, 0.5) is 5.82 Å². The molecule has 1 aromatic carbocycles. The Labute approximate surface area is 150 Å². The molecule has 0 atom stereocenters. The van der Waals surface area contributed by atoms with Crippen LogP contribution in [0.5, 0.6) is 0 Å². The lowest BCUT2D eigenvalue weighted by Gasteiger charge is -2.33. The number of piperidine rings is 1. The van der Waals surface area contributed by atoms with Crippen molar-refractivity contribution in [3.63, 3.8) is 0 Å². The van der Waals surface area contributed by atoms with E-state index in [2.05, 4.69) is 51.3 Å². The first-order valence-electron chi connectivity index (χ1n) is 9.08. The van der Waals surface area contributed by atoms with Gasteiger partial charge in [-0.25, -0.2) is 0 Å². The number of anilines is 1. The monoisotopic (exact) mass is 340 g/mol. The Bertz CT molecular complexity index is 624. The third-order valence-corrected chi connectivity index (χ3v) is 4.96. The summed E-state index contributed by atoms with van der Waals surface area (Å²) in [5.41, 5.74) is 2.02. The van der Waals surface area contributed by atoms with Crippen LogP contribution >= 0.6 is 0 Å². The van der Waals surface area contributed by atoms with Gasteiger partial charge in [-0.2, -0.15) is 0 Å². The van der Waals surface area contributed by atoms with E-state index in [4.69, 9.17) is 4.74 Å². The van der Waals surface area contributed by atoms with E-state index >= 15 is 0 Å². The van der Waals surface area contributed by atoms with Gasteiger partial charge in [0.2, 0.25) is 0 Å². The summed E-state index contributed by atoms with van der Waals surface area (Å²) in [5, 5.41) is 8.82. The molecule has 3 rings (SSSR count). The summed E-state index contributed by atoms with van der Waals surface area (Å²) in [6.45, 7) is 5.25. The van der Waals surface area contributed by atoms with Crippen LogP contribution in [0.2, 0.25) is 0 Å². The average molecular weight is 340 g/mol. The molecule has 1 aromatic heterocycles. The minimum Gasteiger partial charge on any atom is -0.383 e. The number of rotatable bonds is 7. The van der Waals surface area contributed by atoms with Crippen LogP contribution in [0.1, 0.15) is 12.8 Å². The van der Waals surface area contributed by atoms with Crippen molar-refractivity contribution in [2.24, 2.45) is 5.92 Å². The maximum Gasteiger partial charge on any atom is 0.151 e. The molecule has 2 aromatic rings. The van der Waals surface area contributed by atoms with E-state index in [1.807, 2.05) is 18.2 Å². The van der Waals surface area contributed by atoms with Crippen LogP contribution in [-0.4, -0.2) is 62.0 Å². The Morgan fingerprint density at radius 1 is 1.08 bits per heavy atom. The minimum atomic E-state index is 0.722. The molecule has 0 amide bonds. The van der Waals surface area contributed by atoms with Gasteiger partial charge in [-0.1, -0.05) is 30.3 Å². The van der Waals surface area contributed by atoms with Crippen LogP contribution in [0.3, 0.4) is 0 Å². The first kappa shape index (κ1) is 17.8. The smallest absolute Gasteiger partial charge is 0.151 e. The lowest BCUT2D eigenvalue weighted by molar-refractivity contribution is 0.121. The Morgan fingerprint density at radius 2 is 1.84 bits per heavy atom. The summed E-state index contributed by atoms with van der Waals surface area (Å²) in [5.74, 6) is 1.67. The minimum absolute atomic E-state index is 0.722. The average Bonchev–Trinajstić information content (AvgIpc) is 2.68. The second kappa shape index (κ2) is 8.92. The molecule has 5 nitrogen and oxygen atoms in total. The number of ether oxygens (including phenoxy) is 1. The van der Waals surface area contributed by atoms with Crippen molar-refractivity contribution in [2.75, 3.05) is 51.8 Å². The summed E-state index contributed by atoms with van der Waals surface area (Å²) in [4.78, 5) is 4.73. The van der Waals surface area contributed by atoms with Gasteiger partial charge < -0.3 is 14.5 Å². The van der Waals surface area contributed by atoms with Gasteiger partial charge in [-0.15, -0.1) is 10.2 Å². The van der Waals surface area contributed by atoms with E-state index in [9.17, 15) is 0 Å². The third-order valence-electron chi connectivity index (χ3n) is 4.96. The molecule has 0 N–H and O–H groups in total. The SMILES string of the molecule is COCCN1CCC(CN(C)c2ccc(-c3ccccc3)nn2)CC1. The van der Waals surface area contributed by atoms with Gasteiger partial charge in [-0.3, -0.25) is 0 Å². The fourth-order valence-corrected chi connectivity index (χ4v) is 3.39. The highest BCUT2D eigenvalue weighted by molar-refractivity contribution is 5.59. The van der Waals surface area contributed by atoms with Gasteiger partial charge in [-0.05, 0) is 44.0 Å². The predicted octanol–water partition coefficient (Wildman–Crippen LogP) is 2.94. The van der Waals surface area contributed by atoms with Crippen molar-refractivity contribution in [1.82, 2.24) is 15.1 Å². The van der Waals surface area contributed by atoms with E-state index in [0.29, 0.717) is 0 Å². The molecular formula is C20H28N4O. The maximum atomic E-state index is 5.17. The summed E-state index contributed by atoms with van der Waals surface area (Å²) < 4.78 is 5.17. The van der Waals surface area contributed by atoms with Crippen molar-refractivity contribution >= 4 is 5.82 Å². The molecule has 25 heavy (non-hydrogen) atoms. The maximum absolute atomic E-state index is 5.17. The zero-order chi connectivity index (χ0) is 17.5. The van der Waals surface area contributed by atoms with E-state index in [-0.39, 0.29) is 0 Å². The van der Waals surface area contributed by atoms with Crippen LogP contribution in [0.15, 0.2) is 42.5 Å². The predicted molar refractivity (Wildman–Crippen MR) is 102 cm³/mol. The number of nitrogens with zero attached hydrogens (tertiary/aromatic N) is 4. The quantitative estimate of drug-likeness (QED) is 0.775. The summed E-state index contributed by atoms with van der Waals surface area (Å²) in [6, 6.07) is 14.3. The molecule has 0 bridgehead atoms. The Kier molecular flexibility index (Phi) is 6.36. The first-order valence-corrected chi connectivity index (χ1v) is 9.08. The Hall–Kier alpha value is -1.98. The molecule has 0 unspecified atom stereocenters. The van der Waals surface area contributed by atoms with Crippen LogP contribution in [0.25, 0.3) is 11.3 Å². The summed E-state index contributed by atoms with van der Waals surface area (Å²) >= 11 is 0. The fourth-order valence-electron chi connectivity index (χ4n) is 3.39. The van der Waals surface area contributed by atoms with Gasteiger partial charge >= 0.3 is 0 Å². The van der Waals surface area contributed by atoms with E-state index in [0.717, 1.165) is 42.7 Å². The van der Waals surface area contributed by atoms with Crippen LogP contribution in [0, 0.1) is 5.92 Å². The van der Waals surface area contributed by atoms with Crippen LogP contribution in [-0.2, 0) is 4.74 Å². The molecule has 1 aliphatic rings. The van der Waals surface area contributed by atoms with Crippen molar-refractivity contribution in [1.29, 1.82) is 0 Å². The number of benzene rings is 1. The third kappa shape index (κ3) is 5.00. The standard InChI is InChI=1S/C20H28N4O/c1-23(16-17-10-12-24(13-11-17)14-15-25-2)20-9-8-19(21-22-20)18-6-4-3-5-7-18/h3-9,17H,10-16H2,1-2H3. The van der Waals surface area contributed by atoms with Crippen molar-refractivity contribution in [3.8, 4) is 11.3 Å². The number of hydrogen-bond donors (Lipinski definition) is 0. The number of likely N-dealkylation sites (tertiary alicyclic amines) is 1. The van der Waals surface area contributed by atoms with Gasteiger partial charge in [0.15, 0.2) is 5.82 Å². The first-order chi connectivity index (χ1) is 12.3. The molecular weight excluding hydrogens is 312 g/mol. The summed E-state index contributed by atoms with van der Waals surface area (Å²) in [7, 11) is 3.88. The molecule has 0 spiro atoms. The number of aromatic nitrogens is 2. The lowest BCUT2D eigenvalue weighted by Crippen LogP contribution is -2.39. The van der Waals surface area contributed by atoms with Crippen molar-refractivity contribution < 1.29 is 4.74 Å². The molecule has 1 saturated heterocycles. The molecule has 0 saturated carbocycles. The highest BCUT2D eigenvalue weighted by atomic mass is 16.5. The number of methoxy groups -OCH3 is 1. The highest BCUT2D eigenvalue weighted by Crippen LogP contribution is 2.21. The van der Waals surface area contributed by atoms with Crippen molar-refractivity contribution in [2.45, 2.75) is 12.8 Å². The van der Waals surface area contributed by atoms with E-state index < -0.39 is 0 Å². The zero-order valence-corrected chi connectivity index (χ0v) is 15.3. The fraction of sp³-hybridized carbons (Fsp3) is 0.500. The van der Waals surface area contributed by atoms with Gasteiger partial charge in [0.05, 0.1) is 12.3 Å². The van der Waals surface area contributed by atoms with Gasteiger partial charge in [0, 0.05) is 32.8 Å². The van der Waals surface area contributed by atoms with E-state index in [1.165, 1.54) is 25.9 Å². The molecule has 0 radical (unpaired) electrons. The van der Waals surface area contributed by atoms with Gasteiger partial charge in [0.25, 0.3) is 0 Å². The number of hydrogen-bond acceptors (Lipinski definition) is 5. The molecule has 134 valence electrons. The molecule has 1 fully saturated rings.